The molecule has 0 saturated heterocycles. The molecule has 19 rings (SSSR count). The van der Waals surface area contributed by atoms with Gasteiger partial charge in [-0.3, -0.25) is 0 Å². The van der Waals surface area contributed by atoms with E-state index >= 15 is 0 Å². The van der Waals surface area contributed by atoms with Crippen LogP contribution in [0.2, 0.25) is 0 Å². The van der Waals surface area contributed by atoms with Gasteiger partial charge in [-0.1, -0.05) is 249 Å². The molecule has 2 aliphatic heterocycles. The number of rotatable bonds is 8. The molecule has 0 unspecified atom stereocenters. The smallest absolute Gasteiger partial charge is 0.252 e. The lowest BCUT2D eigenvalue weighted by molar-refractivity contribution is 1.17. The van der Waals surface area contributed by atoms with Gasteiger partial charge in [0, 0.05) is 76.3 Å². The van der Waals surface area contributed by atoms with Gasteiger partial charge in [0.1, 0.15) is 0 Å². The summed E-state index contributed by atoms with van der Waals surface area (Å²) in [6, 6.07) is 120. The second-order valence-electron chi connectivity index (χ2n) is 23.8. The third-order valence-corrected chi connectivity index (χ3v) is 20.3. The SMILES string of the molecule is c1ccc(-c2ccccc2N2c3cc(-c4ccccc4)c(-n4c5ccccc5c5ccccc54)cc3B3c4cc(-n5c6ccccc6c6ccccc65)c(-c5ccccc5)cc4N(c4ccccc4-c4ccccc4)c4c3c2cc2c4sc3ccccc32)cc1. The number of thiophene rings is 1. The third-order valence-electron chi connectivity index (χ3n) is 19.1. The minimum Gasteiger partial charge on any atom is -0.311 e. The number of hydrogen-bond acceptors (Lipinski definition) is 3. The molecule has 0 atom stereocenters. The van der Waals surface area contributed by atoms with Crippen LogP contribution in [-0.2, 0) is 0 Å². The number of benzene rings is 14. The minimum absolute atomic E-state index is 0.289. The Morgan fingerprint density at radius 1 is 0.244 bits per heavy atom. The van der Waals surface area contributed by atoms with Gasteiger partial charge in [-0.05, 0) is 111 Å². The molecule has 0 aliphatic carbocycles. The van der Waals surface area contributed by atoms with Gasteiger partial charge in [-0.2, -0.15) is 0 Å². The average Bonchev–Trinajstić information content (AvgIpc) is 1.08. The highest BCUT2D eigenvalue weighted by Crippen LogP contribution is 2.55. The predicted octanol–water partition coefficient (Wildman–Crippen LogP) is 21.0. The number of nitrogens with zero attached hydrogens (tertiary/aromatic N) is 4. The summed E-state index contributed by atoms with van der Waals surface area (Å²) < 4.78 is 7.61. The van der Waals surface area contributed by atoms with E-state index in [1.165, 1.54) is 85.9 Å². The van der Waals surface area contributed by atoms with Crippen LogP contribution in [0.5, 0.6) is 0 Å². The topological polar surface area (TPSA) is 16.3 Å². The molecule has 0 bridgehead atoms. The van der Waals surface area contributed by atoms with Gasteiger partial charge < -0.3 is 18.9 Å². The van der Waals surface area contributed by atoms with Crippen molar-refractivity contribution in [3.05, 3.63) is 322 Å². The molecule has 17 aromatic rings. The van der Waals surface area contributed by atoms with Crippen molar-refractivity contribution in [2.24, 2.45) is 0 Å². The fraction of sp³-hybridized carbons (Fsp3) is 0. The summed E-state index contributed by atoms with van der Waals surface area (Å²) in [5, 5.41) is 7.38. The van der Waals surface area contributed by atoms with Crippen molar-refractivity contribution < 1.29 is 0 Å². The van der Waals surface area contributed by atoms with Crippen LogP contribution in [0.3, 0.4) is 0 Å². The monoisotopic (exact) mass is 1160 g/mol. The lowest BCUT2D eigenvalue weighted by Gasteiger charge is -2.45. The van der Waals surface area contributed by atoms with E-state index in [1.54, 1.807) is 0 Å². The van der Waals surface area contributed by atoms with Crippen molar-refractivity contribution in [1.29, 1.82) is 0 Å². The van der Waals surface area contributed by atoms with Crippen molar-refractivity contribution in [2.45, 2.75) is 0 Å². The van der Waals surface area contributed by atoms with Gasteiger partial charge in [0.25, 0.3) is 6.71 Å². The van der Waals surface area contributed by atoms with Crippen LogP contribution in [0, 0.1) is 0 Å². The zero-order valence-electron chi connectivity index (χ0n) is 48.9. The van der Waals surface area contributed by atoms with Gasteiger partial charge >= 0.3 is 0 Å². The molecule has 0 saturated carbocycles. The van der Waals surface area contributed by atoms with Gasteiger partial charge in [0.2, 0.25) is 0 Å². The van der Waals surface area contributed by atoms with Crippen LogP contribution in [0.15, 0.2) is 322 Å². The molecule has 90 heavy (non-hydrogen) atoms. The molecule has 418 valence electrons. The Kier molecular flexibility index (Phi) is 11.3. The Hall–Kier alpha value is -11.4. The fourth-order valence-corrected chi connectivity index (χ4v) is 16.5. The molecular weight excluding hydrogens is 1110 g/mol. The van der Waals surface area contributed by atoms with Crippen LogP contribution in [-0.4, -0.2) is 15.8 Å². The molecule has 0 N–H and O–H groups in total. The summed E-state index contributed by atoms with van der Waals surface area (Å²) >= 11 is 1.91. The highest BCUT2D eigenvalue weighted by Gasteiger charge is 2.47. The zero-order valence-corrected chi connectivity index (χ0v) is 49.7. The molecule has 0 radical (unpaired) electrons. The first-order valence-electron chi connectivity index (χ1n) is 31.0. The average molecular weight is 1160 g/mol. The molecule has 0 spiro atoms. The van der Waals surface area contributed by atoms with Gasteiger partial charge in [0.05, 0.1) is 55.2 Å². The van der Waals surface area contributed by atoms with E-state index < -0.39 is 0 Å². The highest BCUT2D eigenvalue weighted by atomic mass is 32.1. The Balaban J connectivity index is 1.04. The first kappa shape index (κ1) is 50.7. The minimum atomic E-state index is -0.289. The summed E-state index contributed by atoms with van der Waals surface area (Å²) in [7, 11) is 0. The van der Waals surface area contributed by atoms with Crippen molar-refractivity contribution >= 4 is 132 Å². The second kappa shape index (κ2) is 20.1. The van der Waals surface area contributed by atoms with Crippen LogP contribution in [0.25, 0.3) is 120 Å². The number of anilines is 6. The molecule has 4 nitrogen and oxygen atoms in total. The fourth-order valence-electron chi connectivity index (χ4n) is 15.3. The van der Waals surface area contributed by atoms with Gasteiger partial charge in [-0.15, -0.1) is 11.3 Å². The number of hydrogen-bond donors (Lipinski definition) is 0. The van der Waals surface area contributed by atoms with E-state index in [4.69, 9.17) is 0 Å². The van der Waals surface area contributed by atoms with Crippen molar-refractivity contribution in [2.75, 3.05) is 9.80 Å². The second-order valence-corrected chi connectivity index (χ2v) is 24.9. The maximum absolute atomic E-state index is 2.69. The highest BCUT2D eigenvalue weighted by molar-refractivity contribution is 7.26. The van der Waals surface area contributed by atoms with Crippen LogP contribution in [0.1, 0.15) is 0 Å². The molecular formula is C84H53BN4S. The van der Waals surface area contributed by atoms with Gasteiger partial charge in [-0.25, -0.2) is 0 Å². The normalized spacial score (nSPS) is 12.6. The Morgan fingerprint density at radius 2 is 0.600 bits per heavy atom. The van der Waals surface area contributed by atoms with Crippen LogP contribution < -0.4 is 26.2 Å². The third kappa shape index (κ3) is 7.49. The first-order chi connectivity index (χ1) is 44.7. The Bertz CT molecular complexity index is 5520. The number of aromatic nitrogens is 2. The molecule has 0 fully saturated rings. The summed E-state index contributed by atoms with van der Waals surface area (Å²) in [5.41, 5.74) is 26.7. The maximum atomic E-state index is 2.69. The van der Waals surface area contributed by atoms with Crippen LogP contribution in [0.4, 0.5) is 34.1 Å². The van der Waals surface area contributed by atoms with Crippen LogP contribution >= 0.6 is 11.3 Å². The summed E-state index contributed by atoms with van der Waals surface area (Å²) in [6.07, 6.45) is 0. The van der Waals surface area contributed by atoms with E-state index in [-0.39, 0.29) is 6.71 Å². The Labute approximate surface area is 525 Å². The zero-order chi connectivity index (χ0) is 59.0. The molecule has 2 aliphatic rings. The van der Waals surface area contributed by atoms with E-state index in [0.717, 1.165) is 84.3 Å². The summed E-state index contributed by atoms with van der Waals surface area (Å²) in [6.45, 7) is -0.289. The van der Waals surface area contributed by atoms with E-state index in [1.807, 2.05) is 11.3 Å². The van der Waals surface area contributed by atoms with Crippen molar-refractivity contribution in [1.82, 2.24) is 9.13 Å². The predicted molar refractivity (Wildman–Crippen MR) is 384 cm³/mol. The first-order valence-corrected chi connectivity index (χ1v) is 31.8. The number of fused-ring (bicyclic) bond motifs is 14. The van der Waals surface area contributed by atoms with Crippen molar-refractivity contribution in [3.8, 4) is 55.9 Å². The van der Waals surface area contributed by atoms with Gasteiger partial charge in [0.15, 0.2) is 0 Å². The lowest BCUT2D eigenvalue weighted by atomic mass is 9.33. The van der Waals surface area contributed by atoms with E-state index in [2.05, 4.69) is 340 Å². The Morgan fingerprint density at radius 3 is 1.06 bits per heavy atom. The van der Waals surface area contributed by atoms with E-state index in [9.17, 15) is 0 Å². The largest absolute Gasteiger partial charge is 0.311 e. The molecule has 6 heteroatoms. The maximum Gasteiger partial charge on any atom is 0.252 e. The number of para-hydroxylation sites is 6. The lowest BCUT2D eigenvalue weighted by Crippen LogP contribution is -2.61. The van der Waals surface area contributed by atoms with E-state index in [0.29, 0.717) is 0 Å². The summed E-state index contributed by atoms with van der Waals surface area (Å²) in [4.78, 5) is 5.34. The molecule has 14 aromatic carbocycles. The molecule has 5 heterocycles. The molecule has 0 amide bonds. The summed E-state index contributed by atoms with van der Waals surface area (Å²) in [5.74, 6) is 0. The van der Waals surface area contributed by atoms with Crippen molar-refractivity contribution in [3.63, 3.8) is 0 Å². The molecule has 3 aromatic heterocycles. The quantitative estimate of drug-likeness (QED) is 0.141. The standard InChI is InChI=1S/C84H53BN4S/c1-5-27-54(28-6-1)58-35-13-20-42-70(58)88-78-49-65(56-31-9-3-10-32-56)76(86-72-44-22-15-37-60(72)61-38-16-23-45-73(61)86)52-68(78)85-69-53-77(87-74-46-24-17-39-62(74)63-40-18-25-47-75(63)87)66(57-33-11-4-12-34-57)50-79(69)89(71-43-21-14-36-59(71)55-29-7-2-8-30-55)83-82(85)80(88)51-67-64-41-19-26-48-81(64)90-84(67)83/h1-53H.